The summed E-state index contributed by atoms with van der Waals surface area (Å²) in [6.07, 6.45) is 5.54. The van der Waals surface area contributed by atoms with E-state index in [0.717, 1.165) is 49.6 Å². The van der Waals surface area contributed by atoms with E-state index in [9.17, 15) is 0 Å². The van der Waals surface area contributed by atoms with Crippen LogP contribution in [0.2, 0.25) is 5.02 Å². The second kappa shape index (κ2) is 7.28. The Morgan fingerprint density at radius 1 is 1.12 bits per heavy atom. The topological polar surface area (TPSA) is 44.9 Å². The molecule has 6 heteroatoms. The Labute approximate surface area is 166 Å². The first-order valence-corrected chi connectivity index (χ1v) is 9.09. The van der Waals surface area contributed by atoms with E-state index < -0.39 is 0 Å². The maximum absolute atomic E-state index is 6.25. The lowest BCUT2D eigenvalue weighted by Crippen LogP contribution is -2.51. The van der Waals surface area contributed by atoms with Gasteiger partial charge in [-0.3, -0.25) is 4.99 Å². The lowest BCUT2D eigenvalue weighted by Gasteiger charge is -2.36. The molecule has 0 aromatic heterocycles. The summed E-state index contributed by atoms with van der Waals surface area (Å²) in [6, 6.07) is 8.07. The molecule has 1 aliphatic heterocycles. The van der Waals surface area contributed by atoms with Gasteiger partial charge in [0.1, 0.15) is 0 Å². The van der Waals surface area contributed by atoms with Crippen LogP contribution in [0.5, 0.6) is 0 Å². The number of rotatable bonds is 4. The van der Waals surface area contributed by atoms with Crippen LogP contribution >= 0.6 is 35.6 Å². The molecule has 132 valence electrons. The highest BCUT2D eigenvalue weighted by Gasteiger charge is 2.53. The average molecular weight is 461 g/mol. The normalized spacial score (nSPS) is 23.0. The molecule has 1 heterocycles. The predicted octanol–water partition coefficient (Wildman–Crippen LogP) is 3.58. The molecule has 1 aromatic rings. The summed E-state index contributed by atoms with van der Waals surface area (Å²) in [4.78, 5) is 9.35. The Bertz CT molecular complexity index is 588. The number of benzene rings is 1. The quantitative estimate of drug-likeness (QED) is 0.424. The zero-order chi connectivity index (χ0) is 15.9. The van der Waals surface area contributed by atoms with Gasteiger partial charge in [0, 0.05) is 43.4 Å². The third-order valence-electron chi connectivity index (χ3n) is 5.69. The Morgan fingerprint density at radius 2 is 1.75 bits per heavy atom. The molecule has 24 heavy (non-hydrogen) atoms. The van der Waals surface area contributed by atoms with E-state index in [4.69, 9.17) is 22.3 Å². The van der Waals surface area contributed by atoms with Gasteiger partial charge in [0.25, 0.3) is 0 Å². The Balaban J connectivity index is 0.00000169. The number of aliphatic imine (C=N–C) groups is 1. The van der Waals surface area contributed by atoms with E-state index in [1.54, 1.807) is 0 Å². The van der Waals surface area contributed by atoms with Crippen LogP contribution < -0.4 is 10.6 Å². The molecule has 1 saturated heterocycles. The van der Waals surface area contributed by atoms with Crippen molar-refractivity contribution in [3.8, 4) is 0 Å². The standard InChI is InChI=1S/C18H25ClN4.HI/c19-15-3-5-16(6-4-15)22-9-11-23(12-10-22)17(20)21-13-18(7-8-18)14-1-2-14;/h3-6,14H,1-2,7-13H2,(H2,20,21);1H. The van der Waals surface area contributed by atoms with Crippen LogP contribution in [0.4, 0.5) is 5.69 Å². The van der Waals surface area contributed by atoms with E-state index in [2.05, 4.69) is 21.9 Å². The molecule has 0 unspecified atom stereocenters. The monoisotopic (exact) mass is 460 g/mol. The molecule has 4 rings (SSSR count). The van der Waals surface area contributed by atoms with E-state index in [1.807, 2.05) is 12.1 Å². The van der Waals surface area contributed by atoms with Crippen LogP contribution in [0, 0.1) is 11.3 Å². The lowest BCUT2D eigenvalue weighted by molar-refractivity contribution is 0.376. The Kier molecular flexibility index (Phi) is 5.49. The van der Waals surface area contributed by atoms with Crippen molar-refractivity contribution in [2.45, 2.75) is 25.7 Å². The minimum absolute atomic E-state index is 0. The number of piperazine rings is 1. The molecular formula is C18H26ClIN4. The largest absolute Gasteiger partial charge is 0.370 e. The van der Waals surface area contributed by atoms with Gasteiger partial charge in [0.15, 0.2) is 5.96 Å². The van der Waals surface area contributed by atoms with Gasteiger partial charge >= 0.3 is 0 Å². The maximum atomic E-state index is 6.25. The van der Waals surface area contributed by atoms with Crippen molar-refractivity contribution in [2.75, 3.05) is 37.6 Å². The molecule has 2 saturated carbocycles. The maximum Gasteiger partial charge on any atom is 0.191 e. The fraction of sp³-hybridized carbons (Fsp3) is 0.611. The smallest absolute Gasteiger partial charge is 0.191 e. The molecular weight excluding hydrogens is 435 g/mol. The van der Waals surface area contributed by atoms with Gasteiger partial charge in [-0.1, -0.05) is 11.6 Å². The van der Waals surface area contributed by atoms with Crippen molar-refractivity contribution in [3.63, 3.8) is 0 Å². The summed E-state index contributed by atoms with van der Waals surface area (Å²) in [7, 11) is 0. The number of hydrogen-bond acceptors (Lipinski definition) is 2. The van der Waals surface area contributed by atoms with Crippen LogP contribution in [0.25, 0.3) is 0 Å². The van der Waals surface area contributed by atoms with Gasteiger partial charge in [-0.25, -0.2) is 0 Å². The highest BCUT2D eigenvalue weighted by Crippen LogP contribution is 2.61. The summed E-state index contributed by atoms with van der Waals surface area (Å²) in [6.45, 7) is 4.78. The molecule has 0 bridgehead atoms. The van der Waals surface area contributed by atoms with E-state index in [1.165, 1.54) is 31.4 Å². The minimum Gasteiger partial charge on any atom is -0.370 e. The highest BCUT2D eigenvalue weighted by molar-refractivity contribution is 14.0. The second-order valence-electron chi connectivity index (χ2n) is 7.26. The molecule has 0 amide bonds. The van der Waals surface area contributed by atoms with Crippen LogP contribution in [0.15, 0.2) is 29.3 Å². The molecule has 2 N–H and O–H groups in total. The third kappa shape index (κ3) is 3.93. The molecule has 1 aromatic carbocycles. The van der Waals surface area contributed by atoms with Gasteiger partial charge in [-0.05, 0) is 61.3 Å². The number of hydrogen-bond donors (Lipinski definition) is 1. The average Bonchev–Trinajstić information content (AvgIpc) is 3.47. The van der Waals surface area contributed by atoms with E-state index >= 15 is 0 Å². The summed E-state index contributed by atoms with van der Waals surface area (Å²) < 4.78 is 0. The van der Waals surface area contributed by atoms with Crippen molar-refractivity contribution in [1.29, 1.82) is 0 Å². The number of guanidine groups is 1. The van der Waals surface area contributed by atoms with Crippen LogP contribution in [-0.4, -0.2) is 43.6 Å². The zero-order valence-corrected chi connectivity index (χ0v) is 17.0. The SMILES string of the molecule is I.NC(=NCC1(C2CC2)CC1)N1CCN(c2ccc(Cl)cc2)CC1. The van der Waals surface area contributed by atoms with Crippen molar-refractivity contribution in [1.82, 2.24) is 4.90 Å². The first-order chi connectivity index (χ1) is 11.2. The number of nitrogens with zero attached hydrogens (tertiary/aromatic N) is 3. The number of nitrogens with two attached hydrogens (primary N) is 1. The molecule has 4 nitrogen and oxygen atoms in total. The zero-order valence-electron chi connectivity index (χ0n) is 14.0. The second-order valence-corrected chi connectivity index (χ2v) is 7.70. The Morgan fingerprint density at radius 3 is 2.29 bits per heavy atom. The molecule has 3 aliphatic rings. The molecule has 0 radical (unpaired) electrons. The summed E-state index contributed by atoms with van der Waals surface area (Å²) in [5.41, 5.74) is 8.02. The van der Waals surface area contributed by atoms with Crippen LogP contribution in [0.1, 0.15) is 25.7 Å². The Hall–Kier alpha value is -0.690. The minimum atomic E-state index is 0. The van der Waals surface area contributed by atoms with Gasteiger partial charge in [0.2, 0.25) is 0 Å². The van der Waals surface area contributed by atoms with Crippen molar-refractivity contribution >= 4 is 47.2 Å². The third-order valence-corrected chi connectivity index (χ3v) is 5.94. The summed E-state index contributed by atoms with van der Waals surface area (Å²) in [5.74, 6) is 1.69. The first kappa shape index (κ1) is 18.1. The molecule has 0 atom stereocenters. The first-order valence-electron chi connectivity index (χ1n) is 8.72. The van der Waals surface area contributed by atoms with Gasteiger partial charge in [-0.15, -0.1) is 24.0 Å². The van der Waals surface area contributed by atoms with Crippen molar-refractivity contribution < 1.29 is 0 Å². The van der Waals surface area contributed by atoms with Crippen molar-refractivity contribution in [2.24, 2.45) is 22.1 Å². The predicted molar refractivity (Wildman–Crippen MR) is 112 cm³/mol. The molecule has 3 fully saturated rings. The fourth-order valence-electron chi connectivity index (χ4n) is 3.74. The summed E-state index contributed by atoms with van der Waals surface area (Å²) >= 11 is 5.96. The lowest BCUT2D eigenvalue weighted by atomic mass is 10.0. The number of anilines is 1. The fourth-order valence-corrected chi connectivity index (χ4v) is 3.86. The highest BCUT2D eigenvalue weighted by atomic mass is 127. The van der Waals surface area contributed by atoms with Gasteiger partial charge < -0.3 is 15.5 Å². The van der Waals surface area contributed by atoms with Crippen LogP contribution in [0.3, 0.4) is 0 Å². The van der Waals surface area contributed by atoms with Crippen LogP contribution in [-0.2, 0) is 0 Å². The van der Waals surface area contributed by atoms with Gasteiger partial charge in [-0.2, -0.15) is 0 Å². The van der Waals surface area contributed by atoms with E-state index in [0.29, 0.717) is 5.41 Å². The molecule has 2 aliphatic carbocycles. The van der Waals surface area contributed by atoms with E-state index in [-0.39, 0.29) is 24.0 Å². The summed E-state index contributed by atoms with van der Waals surface area (Å²) in [5, 5.41) is 0.786. The van der Waals surface area contributed by atoms with Crippen molar-refractivity contribution in [3.05, 3.63) is 29.3 Å². The van der Waals surface area contributed by atoms with Gasteiger partial charge in [0.05, 0.1) is 0 Å². The molecule has 0 spiro atoms. The number of halogens is 2.